The SMILES string of the molecule is Cc1cccc(NC(=O)/C(C#N)=C/c2ccccc2[N+](=O)[O-])c1. The number of carbonyl (C=O) groups excluding carboxylic acids is 1. The summed E-state index contributed by atoms with van der Waals surface area (Å²) < 4.78 is 0. The molecule has 6 nitrogen and oxygen atoms in total. The third-order valence-electron chi connectivity index (χ3n) is 3.07. The van der Waals surface area contributed by atoms with Crippen LogP contribution in [0.1, 0.15) is 11.1 Å². The third-order valence-corrected chi connectivity index (χ3v) is 3.07. The van der Waals surface area contributed by atoms with Crippen molar-refractivity contribution in [2.24, 2.45) is 0 Å². The minimum atomic E-state index is -0.615. The van der Waals surface area contributed by atoms with E-state index in [1.54, 1.807) is 30.3 Å². The zero-order chi connectivity index (χ0) is 16.8. The molecule has 114 valence electrons. The lowest BCUT2D eigenvalue weighted by molar-refractivity contribution is -0.385. The van der Waals surface area contributed by atoms with Crippen LogP contribution in [0, 0.1) is 28.4 Å². The Kier molecular flexibility index (Phi) is 4.85. The zero-order valence-electron chi connectivity index (χ0n) is 12.3. The van der Waals surface area contributed by atoms with Gasteiger partial charge < -0.3 is 5.32 Å². The van der Waals surface area contributed by atoms with E-state index in [1.165, 1.54) is 24.3 Å². The van der Waals surface area contributed by atoms with Crippen molar-refractivity contribution in [2.75, 3.05) is 5.32 Å². The number of aryl methyl sites for hydroxylation is 1. The molecule has 0 fully saturated rings. The Hall–Kier alpha value is -3.46. The van der Waals surface area contributed by atoms with E-state index in [9.17, 15) is 20.2 Å². The quantitative estimate of drug-likeness (QED) is 0.405. The Morgan fingerprint density at radius 1 is 1.26 bits per heavy atom. The van der Waals surface area contributed by atoms with Crippen molar-refractivity contribution < 1.29 is 9.72 Å². The molecule has 1 N–H and O–H groups in total. The van der Waals surface area contributed by atoms with Gasteiger partial charge in [0.15, 0.2) is 0 Å². The first-order valence-electron chi connectivity index (χ1n) is 6.74. The predicted molar refractivity (Wildman–Crippen MR) is 86.5 cm³/mol. The summed E-state index contributed by atoms with van der Waals surface area (Å²) in [6.45, 7) is 1.88. The van der Waals surface area contributed by atoms with Crippen LogP contribution in [0.3, 0.4) is 0 Å². The molecule has 0 atom stereocenters. The standard InChI is InChI=1S/C17H13N3O3/c1-12-5-4-7-15(9-12)19-17(21)14(11-18)10-13-6-2-3-8-16(13)20(22)23/h2-10H,1H3,(H,19,21)/b14-10+. The van der Waals surface area contributed by atoms with Gasteiger partial charge in [0, 0.05) is 11.8 Å². The molecule has 6 heteroatoms. The van der Waals surface area contributed by atoms with Gasteiger partial charge in [0.25, 0.3) is 11.6 Å². The second-order valence-electron chi connectivity index (χ2n) is 4.81. The number of amides is 1. The highest BCUT2D eigenvalue weighted by atomic mass is 16.6. The van der Waals surface area contributed by atoms with E-state index in [0.717, 1.165) is 5.56 Å². The van der Waals surface area contributed by atoms with Crippen molar-refractivity contribution in [2.45, 2.75) is 6.92 Å². The number of anilines is 1. The minimum Gasteiger partial charge on any atom is -0.321 e. The van der Waals surface area contributed by atoms with Gasteiger partial charge in [-0.3, -0.25) is 14.9 Å². The first-order chi connectivity index (χ1) is 11.0. The second-order valence-corrected chi connectivity index (χ2v) is 4.81. The lowest BCUT2D eigenvalue weighted by atomic mass is 10.1. The Balaban J connectivity index is 2.31. The minimum absolute atomic E-state index is 0.163. The maximum atomic E-state index is 12.2. The summed E-state index contributed by atoms with van der Waals surface area (Å²) in [5.74, 6) is -0.615. The number of hydrogen-bond acceptors (Lipinski definition) is 4. The first-order valence-corrected chi connectivity index (χ1v) is 6.74. The number of nitrogens with zero attached hydrogens (tertiary/aromatic N) is 2. The van der Waals surface area contributed by atoms with Gasteiger partial charge in [-0.15, -0.1) is 0 Å². The van der Waals surface area contributed by atoms with Gasteiger partial charge in [-0.2, -0.15) is 5.26 Å². The van der Waals surface area contributed by atoms with Gasteiger partial charge in [0.1, 0.15) is 11.6 Å². The first kappa shape index (κ1) is 15.9. The van der Waals surface area contributed by atoms with E-state index in [4.69, 9.17) is 0 Å². The Morgan fingerprint density at radius 2 is 2.00 bits per heavy atom. The fourth-order valence-electron chi connectivity index (χ4n) is 2.00. The van der Waals surface area contributed by atoms with Crippen molar-refractivity contribution >= 4 is 23.4 Å². The highest BCUT2D eigenvalue weighted by Gasteiger charge is 2.15. The number of nitrogens with one attached hydrogen (secondary N) is 1. The van der Waals surface area contributed by atoms with Gasteiger partial charge >= 0.3 is 0 Å². The number of carbonyl (C=O) groups is 1. The maximum absolute atomic E-state index is 12.2. The van der Waals surface area contributed by atoms with E-state index in [0.29, 0.717) is 5.69 Å². The molecule has 0 saturated carbocycles. The van der Waals surface area contributed by atoms with Gasteiger partial charge in [0.05, 0.1) is 10.5 Å². The molecule has 0 aromatic heterocycles. The molecular weight excluding hydrogens is 294 g/mol. The lowest BCUT2D eigenvalue weighted by Crippen LogP contribution is -2.13. The van der Waals surface area contributed by atoms with Gasteiger partial charge in [-0.25, -0.2) is 0 Å². The van der Waals surface area contributed by atoms with E-state index in [1.807, 2.05) is 13.0 Å². The van der Waals surface area contributed by atoms with Crippen molar-refractivity contribution in [3.63, 3.8) is 0 Å². The molecule has 0 saturated heterocycles. The molecule has 0 bridgehead atoms. The molecule has 23 heavy (non-hydrogen) atoms. The fraction of sp³-hybridized carbons (Fsp3) is 0.0588. The summed E-state index contributed by atoms with van der Waals surface area (Å²) in [6, 6.07) is 14.8. The number of para-hydroxylation sites is 1. The van der Waals surface area contributed by atoms with E-state index < -0.39 is 10.8 Å². The monoisotopic (exact) mass is 307 g/mol. The van der Waals surface area contributed by atoms with Crippen LogP contribution < -0.4 is 5.32 Å². The number of rotatable bonds is 4. The van der Waals surface area contributed by atoms with E-state index in [2.05, 4.69) is 5.32 Å². The Morgan fingerprint density at radius 3 is 2.65 bits per heavy atom. The topological polar surface area (TPSA) is 96.0 Å². The maximum Gasteiger partial charge on any atom is 0.276 e. The predicted octanol–water partition coefficient (Wildman–Crippen LogP) is 3.45. The van der Waals surface area contributed by atoms with Crippen LogP contribution in [0.5, 0.6) is 0 Å². The van der Waals surface area contributed by atoms with E-state index >= 15 is 0 Å². The number of nitro benzene ring substituents is 1. The van der Waals surface area contributed by atoms with Gasteiger partial charge in [0.2, 0.25) is 0 Å². The van der Waals surface area contributed by atoms with Crippen molar-refractivity contribution in [1.82, 2.24) is 0 Å². The molecule has 2 aromatic rings. The summed E-state index contributed by atoms with van der Waals surface area (Å²) in [6.07, 6.45) is 1.21. The molecule has 2 aromatic carbocycles. The van der Waals surface area contributed by atoms with Crippen LogP contribution in [0.15, 0.2) is 54.1 Å². The summed E-state index contributed by atoms with van der Waals surface area (Å²) in [4.78, 5) is 22.6. The molecular formula is C17H13N3O3. The molecule has 2 rings (SSSR count). The molecule has 0 unspecified atom stereocenters. The largest absolute Gasteiger partial charge is 0.321 e. The molecule has 0 spiro atoms. The number of benzene rings is 2. The molecule has 0 aliphatic carbocycles. The van der Waals surface area contributed by atoms with Crippen molar-refractivity contribution in [3.05, 3.63) is 75.3 Å². The molecule has 0 aliphatic heterocycles. The fourth-order valence-corrected chi connectivity index (χ4v) is 2.00. The summed E-state index contributed by atoms with van der Waals surface area (Å²) in [7, 11) is 0. The average molecular weight is 307 g/mol. The number of nitriles is 1. The van der Waals surface area contributed by atoms with E-state index in [-0.39, 0.29) is 16.8 Å². The third kappa shape index (κ3) is 4.02. The highest BCUT2D eigenvalue weighted by Crippen LogP contribution is 2.21. The lowest BCUT2D eigenvalue weighted by Gasteiger charge is -2.05. The van der Waals surface area contributed by atoms with Gasteiger partial charge in [-0.05, 0) is 36.8 Å². The van der Waals surface area contributed by atoms with Crippen LogP contribution in [0.4, 0.5) is 11.4 Å². The summed E-state index contributed by atoms with van der Waals surface area (Å²) in [5.41, 5.74) is 1.35. The molecule has 0 radical (unpaired) electrons. The zero-order valence-corrected chi connectivity index (χ0v) is 12.3. The van der Waals surface area contributed by atoms with Crippen molar-refractivity contribution in [3.8, 4) is 6.07 Å². The highest BCUT2D eigenvalue weighted by molar-refractivity contribution is 6.09. The summed E-state index contributed by atoms with van der Waals surface area (Å²) in [5, 5.41) is 22.8. The average Bonchev–Trinajstić information content (AvgIpc) is 2.52. The van der Waals surface area contributed by atoms with Crippen LogP contribution in [0.2, 0.25) is 0 Å². The Bertz CT molecular complexity index is 835. The summed E-state index contributed by atoms with van der Waals surface area (Å²) >= 11 is 0. The molecule has 0 aliphatic rings. The van der Waals surface area contributed by atoms with Crippen LogP contribution in [-0.2, 0) is 4.79 Å². The number of hydrogen-bond donors (Lipinski definition) is 1. The Labute approximate surface area is 132 Å². The van der Waals surface area contributed by atoms with Crippen LogP contribution in [0.25, 0.3) is 6.08 Å². The van der Waals surface area contributed by atoms with Crippen molar-refractivity contribution in [1.29, 1.82) is 5.26 Å². The molecule has 0 heterocycles. The van der Waals surface area contributed by atoms with Crippen LogP contribution in [-0.4, -0.2) is 10.8 Å². The second kappa shape index (κ2) is 7.00. The van der Waals surface area contributed by atoms with Crippen LogP contribution >= 0.6 is 0 Å². The normalized spacial score (nSPS) is 10.7. The smallest absolute Gasteiger partial charge is 0.276 e. The van der Waals surface area contributed by atoms with Gasteiger partial charge in [-0.1, -0.05) is 24.3 Å². The molecule has 1 amide bonds. The number of nitro groups is 1.